The maximum atomic E-state index is 11.7. The highest BCUT2D eigenvalue weighted by Gasteiger charge is 2.26. The monoisotopic (exact) mass is 405 g/mol. The Morgan fingerprint density at radius 1 is 0.963 bits per heavy atom. The van der Waals surface area contributed by atoms with E-state index in [-0.39, 0.29) is 10.8 Å². The minimum Gasteiger partial charge on any atom is -0.283 e. The highest BCUT2D eigenvalue weighted by atomic mass is 32.2. The Bertz CT molecular complexity index is 910. The molecule has 0 saturated carbocycles. The maximum absolute atomic E-state index is 11.7. The second-order valence-corrected chi connectivity index (χ2v) is 11.4. The third-order valence-electron chi connectivity index (χ3n) is 4.67. The summed E-state index contributed by atoms with van der Waals surface area (Å²) < 4.78 is 26.1. The molecule has 0 unspecified atom stereocenters. The lowest BCUT2D eigenvalue weighted by Gasteiger charge is -2.29. The number of rotatable bonds is 6. The van der Waals surface area contributed by atoms with Crippen molar-refractivity contribution >= 4 is 27.5 Å². The second-order valence-electron chi connectivity index (χ2n) is 8.77. The van der Waals surface area contributed by atoms with Crippen LogP contribution in [0, 0.1) is 0 Å². The van der Waals surface area contributed by atoms with Gasteiger partial charge in [-0.05, 0) is 52.3 Å². The Morgan fingerprint density at radius 3 is 2.15 bits per heavy atom. The zero-order chi connectivity index (χ0) is 20.5. The first kappa shape index (κ1) is 21.8. The lowest BCUT2D eigenvalue weighted by molar-refractivity contribution is 0.522. The molecule has 2 rings (SSSR count). The van der Waals surface area contributed by atoms with E-state index in [0.717, 1.165) is 12.0 Å². The number of benzene rings is 2. The van der Waals surface area contributed by atoms with E-state index in [1.807, 2.05) is 24.3 Å². The Morgan fingerprint density at radius 2 is 1.59 bits per heavy atom. The minimum absolute atomic E-state index is 0.110. The highest BCUT2D eigenvalue weighted by Crippen LogP contribution is 2.36. The first-order valence-corrected chi connectivity index (χ1v) is 12.2. The molecule has 0 amide bonds. The molecule has 0 aliphatic heterocycles. The molecule has 0 atom stereocenters. The predicted molar refractivity (Wildman–Crippen MR) is 119 cm³/mol. The normalized spacial score (nSPS) is 12.9. The molecule has 2 aromatic rings. The van der Waals surface area contributed by atoms with E-state index in [4.69, 9.17) is 0 Å². The van der Waals surface area contributed by atoms with Crippen LogP contribution in [0.2, 0.25) is 0 Å². The predicted octanol–water partition coefficient (Wildman–Crippen LogP) is 5.60. The number of hydrogen-bond acceptors (Lipinski definition) is 3. The summed E-state index contributed by atoms with van der Waals surface area (Å²) in [4.78, 5) is 1.30. The van der Waals surface area contributed by atoms with Gasteiger partial charge in [0.1, 0.15) is 0 Å². The van der Waals surface area contributed by atoms with E-state index in [1.165, 1.54) is 22.3 Å². The number of thioether (sulfide) groups is 1. The smallest absolute Gasteiger partial charge is 0.229 e. The number of para-hydroxylation sites is 1. The fourth-order valence-electron chi connectivity index (χ4n) is 3.43. The van der Waals surface area contributed by atoms with Crippen LogP contribution in [0.15, 0.2) is 47.4 Å². The average Bonchev–Trinajstić information content (AvgIpc) is 2.52. The molecule has 5 heteroatoms. The van der Waals surface area contributed by atoms with Crippen molar-refractivity contribution in [3.63, 3.8) is 0 Å². The van der Waals surface area contributed by atoms with E-state index in [0.29, 0.717) is 5.69 Å². The maximum Gasteiger partial charge on any atom is 0.229 e. The van der Waals surface area contributed by atoms with Crippen molar-refractivity contribution in [2.75, 3.05) is 17.2 Å². The van der Waals surface area contributed by atoms with Gasteiger partial charge in [0, 0.05) is 4.90 Å². The van der Waals surface area contributed by atoms with E-state index in [9.17, 15) is 8.42 Å². The summed E-state index contributed by atoms with van der Waals surface area (Å²) in [7, 11) is -3.32. The first-order valence-electron chi connectivity index (χ1n) is 9.08. The van der Waals surface area contributed by atoms with Crippen LogP contribution >= 0.6 is 11.8 Å². The van der Waals surface area contributed by atoms with Crippen molar-refractivity contribution in [1.82, 2.24) is 0 Å². The molecule has 148 valence electrons. The van der Waals surface area contributed by atoms with Gasteiger partial charge in [-0.2, -0.15) is 0 Å². The number of nitrogens with one attached hydrogen (secondary N) is 1. The van der Waals surface area contributed by atoms with Gasteiger partial charge >= 0.3 is 0 Å². The minimum atomic E-state index is -3.32. The lowest BCUT2D eigenvalue weighted by atomic mass is 9.77. The largest absolute Gasteiger partial charge is 0.283 e. The molecule has 0 radical (unpaired) electrons. The van der Waals surface area contributed by atoms with Crippen molar-refractivity contribution in [3.8, 4) is 0 Å². The molecule has 0 aliphatic rings. The van der Waals surface area contributed by atoms with E-state index < -0.39 is 10.0 Å². The van der Waals surface area contributed by atoms with Gasteiger partial charge in [0.2, 0.25) is 10.0 Å². The fraction of sp³-hybridized carbons (Fsp3) is 0.455. The average molecular weight is 406 g/mol. The van der Waals surface area contributed by atoms with Crippen LogP contribution in [0.4, 0.5) is 5.69 Å². The summed E-state index contributed by atoms with van der Waals surface area (Å²) in [6.45, 7) is 11.0. The molecule has 1 N–H and O–H groups in total. The molecule has 0 saturated heterocycles. The second kappa shape index (κ2) is 7.88. The van der Waals surface area contributed by atoms with Crippen molar-refractivity contribution < 1.29 is 8.42 Å². The molecule has 0 fully saturated rings. The molecular formula is C22H31NO2S2. The van der Waals surface area contributed by atoms with Crippen LogP contribution in [0.3, 0.4) is 0 Å². The summed E-state index contributed by atoms with van der Waals surface area (Å²) in [5.74, 6) is 0. The summed E-state index contributed by atoms with van der Waals surface area (Å²) in [6.07, 6.45) is 4.13. The van der Waals surface area contributed by atoms with Crippen LogP contribution < -0.4 is 4.72 Å². The van der Waals surface area contributed by atoms with Gasteiger partial charge < -0.3 is 0 Å². The molecule has 0 aliphatic carbocycles. The van der Waals surface area contributed by atoms with Gasteiger partial charge in [-0.25, -0.2) is 8.42 Å². The third-order valence-corrected chi connectivity index (χ3v) is 6.04. The molecule has 0 bridgehead atoms. The SMILES string of the molecule is CSc1cc(CC(C)(C)c2ccccc2NS(C)(=O)=O)ccc1C(C)(C)C. The van der Waals surface area contributed by atoms with Gasteiger partial charge in [-0.3, -0.25) is 4.72 Å². The van der Waals surface area contributed by atoms with Crippen LogP contribution in [0.5, 0.6) is 0 Å². The molecular weight excluding hydrogens is 374 g/mol. The number of hydrogen-bond donors (Lipinski definition) is 1. The Labute approximate surface area is 169 Å². The summed E-state index contributed by atoms with van der Waals surface area (Å²) in [6, 6.07) is 14.4. The van der Waals surface area contributed by atoms with Crippen LogP contribution in [-0.4, -0.2) is 20.9 Å². The van der Waals surface area contributed by atoms with Gasteiger partial charge in [0.25, 0.3) is 0 Å². The zero-order valence-corrected chi connectivity index (χ0v) is 19.0. The van der Waals surface area contributed by atoms with Crippen molar-refractivity contribution in [2.24, 2.45) is 0 Å². The number of anilines is 1. The van der Waals surface area contributed by atoms with E-state index >= 15 is 0 Å². The first-order chi connectivity index (χ1) is 12.3. The van der Waals surface area contributed by atoms with Crippen LogP contribution in [0.25, 0.3) is 0 Å². The molecule has 0 aromatic heterocycles. The summed E-state index contributed by atoms with van der Waals surface area (Å²) in [5.41, 5.74) is 4.16. The van der Waals surface area contributed by atoms with Crippen LogP contribution in [-0.2, 0) is 27.3 Å². The number of sulfonamides is 1. The fourth-order valence-corrected chi connectivity index (χ4v) is 4.87. The van der Waals surface area contributed by atoms with Crippen molar-refractivity contribution in [2.45, 2.75) is 56.8 Å². The van der Waals surface area contributed by atoms with E-state index in [2.05, 4.69) is 63.8 Å². The van der Waals surface area contributed by atoms with Gasteiger partial charge in [-0.15, -0.1) is 11.8 Å². The van der Waals surface area contributed by atoms with Gasteiger partial charge in [-0.1, -0.05) is 65.0 Å². The third kappa shape index (κ3) is 5.76. The Balaban J connectivity index is 2.40. The topological polar surface area (TPSA) is 46.2 Å². The Kier molecular flexibility index (Phi) is 6.37. The molecule has 0 spiro atoms. The van der Waals surface area contributed by atoms with E-state index in [1.54, 1.807) is 11.8 Å². The van der Waals surface area contributed by atoms with Crippen LogP contribution in [0.1, 0.15) is 51.3 Å². The zero-order valence-electron chi connectivity index (χ0n) is 17.4. The van der Waals surface area contributed by atoms with Crippen molar-refractivity contribution in [3.05, 3.63) is 59.2 Å². The molecule has 27 heavy (non-hydrogen) atoms. The molecule has 3 nitrogen and oxygen atoms in total. The Hall–Kier alpha value is -1.46. The standard InChI is InChI=1S/C22H31NO2S2/c1-21(2,3)18-13-12-16(14-20(18)26-6)15-22(4,5)17-10-8-9-11-19(17)23-27(7,24)25/h8-14,23H,15H2,1-7H3. The van der Waals surface area contributed by atoms with Gasteiger partial charge in [0.15, 0.2) is 0 Å². The molecule has 0 heterocycles. The summed E-state index contributed by atoms with van der Waals surface area (Å²) in [5, 5.41) is 0. The molecule has 2 aromatic carbocycles. The summed E-state index contributed by atoms with van der Waals surface area (Å²) >= 11 is 1.78. The van der Waals surface area contributed by atoms with Crippen molar-refractivity contribution in [1.29, 1.82) is 0 Å². The lowest BCUT2D eigenvalue weighted by Crippen LogP contribution is -2.24. The van der Waals surface area contributed by atoms with Gasteiger partial charge in [0.05, 0.1) is 11.9 Å². The quantitative estimate of drug-likeness (QED) is 0.637. The highest BCUT2D eigenvalue weighted by molar-refractivity contribution is 7.98.